The average Bonchev–Trinajstić information content (AvgIpc) is 2.62. The number of esters is 1. The van der Waals surface area contributed by atoms with Gasteiger partial charge in [0.25, 0.3) is 5.91 Å². The van der Waals surface area contributed by atoms with Gasteiger partial charge in [-0.15, -0.1) is 11.8 Å². The molecule has 1 amide bonds. The van der Waals surface area contributed by atoms with E-state index in [0.717, 1.165) is 10.5 Å². The fraction of sp³-hybridized carbons (Fsp3) is 0.263. The van der Waals surface area contributed by atoms with Crippen molar-refractivity contribution in [1.82, 2.24) is 5.32 Å². The summed E-state index contributed by atoms with van der Waals surface area (Å²) in [6, 6.07) is 13.1. The molecule has 0 aliphatic carbocycles. The summed E-state index contributed by atoms with van der Waals surface area (Å²) in [5.41, 5.74) is 0.762. The van der Waals surface area contributed by atoms with Crippen LogP contribution in [0, 0.1) is 5.82 Å². The molecule has 1 unspecified atom stereocenters. The zero-order valence-electron chi connectivity index (χ0n) is 14.2. The Kier molecular flexibility index (Phi) is 7.94. The van der Waals surface area contributed by atoms with Gasteiger partial charge >= 0.3 is 5.97 Å². The number of hydrogen-bond acceptors (Lipinski definition) is 4. The van der Waals surface area contributed by atoms with E-state index in [1.54, 1.807) is 24.3 Å². The minimum absolute atomic E-state index is 0.197. The van der Waals surface area contributed by atoms with Crippen LogP contribution in [0.1, 0.15) is 18.9 Å². The maximum atomic E-state index is 12.8. The number of ether oxygens (including phenoxy) is 1. The molecular weight excluding hydrogens is 377 g/mol. The summed E-state index contributed by atoms with van der Waals surface area (Å²) < 4.78 is 18.0. The molecule has 26 heavy (non-hydrogen) atoms. The first-order chi connectivity index (χ1) is 12.4. The second-order valence-electron chi connectivity index (χ2n) is 5.53. The van der Waals surface area contributed by atoms with E-state index < -0.39 is 18.0 Å². The molecule has 0 heterocycles. The first-order valence-electron chi connectivity index (χ1n) is 8.04. The molecular formula is C19H19ClFNO3S. The number of halogens is 2. The van der Waals surface area contributed by atoms with E-state index in [4.69, 9.17) is 16.3 Å². The molecule has 0 aromatic heterocycles. The highest BCUT2D eigenvalue weighted by Gasteiger charge is 2.17. The zero-order valence-corrected chi connectivity index (χ0v) is 15.8. The minimum atomic E-state index is -0.886. The van der Waals surface area contributed by atoms with Gasteiger partial charge in [0, 0.05) is 22.2 Å². The number of rotatable bonds is 8. The van der Waals surface area contributed by atoms with Crippen LogP contribution in [-0.2, 0) is 20.9 Å². The first kappa shape index (κ1) is 20.3. The minimum Gasteiger partial charge on any atom is -0.453 e. The predicted molar refractivity (Wildman–Crippen MR) is 101 cm³/mol. The van der Waals surface area contributed by atoms with Gasteiger partial charge in [0.1, 0.15) is 5.82 Å². The maximum Gasteiger partial charge on any atom is 0.307 e. The number of thioether (sulfide) groups is 1. The summed E-state index contributed by atoms with van der Waals surface area (Å²) in [7, 11) is 0. The molecule has 7 heteroatoms. The van der Waals surface area contributed by atoms with Crippen molar-refractivity contribution in [3.8, 4) is 0 Å². The fourth-order valence-electron chi connectivity index (χ4n) is 2.03. The second-order valence-corrected chi connectivity index (χ2v) is 7.13. The number of nitrogens with one attached hydrogen (secondary N) is 1. The molecule has 1 atom stereocenters. The Morgan fingerprint density at radius 1 is 1.15 bits per heavy atom. The number of benzene rings is 2. The van der Waals surface area contributed by atoms with Crippen molar-refractivity contribution in [1.29, 1.82) is 0 Å². The Bertz CT molecular complexity index is 737. The lowest BCUT2D eigenvalue weighted by Gasteiger charge is -2.13. The maximum absolute atomic E-state index is 12.8. The number of carbonyl (C=O) groups is 2. The fourth-order valence-corrected chi connectivity index (χ4v) is 2.99. The van der Waals surface area contributed by atoms with Crippen LogP contribution in [0.2, 0.25) is 5.02 Å². The largest absolute Gasteiger partial charge is 0.453 e. The van der Waals surface area contributed by atoms with Gasteiger partial charge < -0.3 is 10.1 Å². The second kappa shape index (κ2) is 10.2. The Balaban J connectivity index is 1.67. The molecule has 2 rings (SSSR count). The summed E-state index contributed by atoms with van der Waals surface area (Å²) in [5.74, 6) is -0.618. The van der Waals surface area contributed by atoms with E-state index in [1.165, 1.54) is 30.8 Å². The Morgan fingerprint density at radius 2 is 1.81 bits per heavy atom. The standard InChI is InChI=1S/C19H19ClFNO3S/c1-13(19(24)22-12-14-2-6-16(21)7-3-14)25-18(23)10-11-26-17-8-4-15(20)5-9-17/h2-9,13H,10-12H2,1H3,(H,22,24). The van der Waals surface area contributed by atoms with Crippen LogP contribution in [0.15, 0.2) is 53.4 Å². The van der Waals surface area contributed by atoms with Crippen LogP contribution in [0.25, 0.3) is 0 Å². The van der Waals surface area contributed by atoms with E-state index in [0.29, 0.717) is 10.8 Å². The van der Waals surface area contributed by atoms with Gasteiger partial charge in [-0.2, -0.15) is 0 Å². The molecule has 2 aromatic rings. The van der Waals surface area contributed by atoms with E-state index in [1.807, 2.05) is 12.1 Å². The van der Waals surface area contributed by atoms with Crippen molar-refractivity contribution in [3.63, 3.8) is 0 Å². The molecule has 4 nitrogen and oxygen atoms in total. The lowest BCUT2D eigenvalue weighted by atomic mass is 10.2. The van der Waals surface area contributed by atoms with E-state index in [2.05, 4.69) is 5.32 Å². The third kappa shape index (κ3) is 7.06. The number of carbonyl (C=O) groups excluding carboxylic acids is 2. The monoisotopic (exact) mass is 395 g/mol. The van der Waals surface area contributed by atoms with Gasteiger partial charge in [0.05, 0.1) is 6.42 Å². The van der Waals surface area contributed by atoms with Crippen LogP contribution in [0.4, 0.5) is 4.39 Å². The summed E-state index contributed by atoms with van der Waals surface area (Å²) in [4.78, 5) is 24.8. The number of hydrogen-bond donors (Lipinski definition) is 1. The summed E-state index contributed by atoms with van der Waals surface area (Å²) >= 11 is 7.33. The highest BCUT2D eigenvalue weighted by atomic mass is 35.5. The van der Waals surface area contributed by atoms with Crippen LogP contribution < -0.4 is 5.32 Å². The molecule has 0 spiro atoms. The number of amides is 1. The Labute approximate surface area is 161 Å². The lowest BCUT2D eigenvalue weighted by molar-refractivity contribution is -0.154. The van der Waals surface area contributed by atoms with Gasteiger partial charge in [-0.05, 0) is 48.9 Å². The van der Waals surface area contributed by atoms with E-state index in [9.17, 15) is 14.0 Å². The van der Waals surface area contributed by atoms with Crippen molar-refractivity contribution in [2.75, 3.05) is 5.75 Å². The molecule has 0 radical (unpaired) electrons. The van der Waals surface area contributed by atoms with Crippen molar-refractivity contribution in [3.05, 3.63) is 64.9 Å². The Morgan fingerprint density at radius 3 is 2.46 bits per heavy atom. The highest BCUT2D eigenvalue weighted by molar-refractivity contribution is 7.99. The molecule has 0 bridgehead atoms. The van der Waals surface area contributed by atoms with Crippen LogP contribution in [-0.4, -0.2) is 23.7 Å². The molecule has 138 valence electrons. The van der Waals surface area contributed by atoms with Crippen LogP contribution in [0.5, 0.6) is 0 Å². The third-order valence-electron chi connectivity index (χ3n) is 3.45. The van der Waals surface area contributed by atoms with Gasteiger partial charge in [0.15, 0.2) is 6.10 Å². The van der Waals surface area contributed by atoms with Gasteiger partial charge in [-0.3, -0.25) is 9.59 Å². The van der Waals surface area contributed by atoms with E-state index >= 15 is 0 Å². The molecule has 0 saturated carbocycles. The average molecular weight is 396 g/mol. The smallest absolute Gasteiger partial charge is 0.307 e. The normalized spacial score (nSPS) is 11.7. The molecule has 1 N–H and O–H groups in total. The topological polar surface area (TPSA) is 55.4 Å². The quantitative estimate of drug-likeness (QED) is 0.537. The highest BCUT2D eigenvalue weighted by Crippen LogP contribution is 2.21. The van der Waals surface area contributed by atoms with Crippen molar-refractivity contribution < 1.29 is 18.7 Å². The van der Waals surface area contributed by atoms with Crippen molar-refractivity contribution >= 4 is 35.2 Å². The summed E-state index contributed by atoms with van der Waals surface area (Å²) in [6.07, 6.45) is -0.688. The van der Waals surface area contributed by atoms with Crippen LogP contribution in [0.3, 0.4) is 0 Å². The molecule has 0 fully saturated rings. The summed E-state index contributed by atoms with van der Waals surface area (Å²) in [6.45, 7) is 1.76. The molecule has 0 aliphatic heterocycles. The third-order valence-corrected chi connectivity index (χ3v) is 4.71. The van der Waals surface area contributed by atoms with Crippen molar-refractivity contribution in [2.24, 2.45) is 0 Å². The zero-order chi connectivity index (χ0) is 18.9. The van der Waals surface area contributed by atoms with Crippen molar-refractivity contribution in [2.45, 2.75) is 30.9 Å². The molecule has 0 saturated heterocycles. The lowest BCUT2D eigenvalue weighted by Crippen LogP contribution is -2.35. The Hall–Kier alpha value is -2.05. The molecule has 2 aromatic carbocycles. The van der Waals surface area contributed by atoms with Gasteiger partial charge in [-0.25, -0.2) is 4.39 Å². The summed E-state index contributed by atoms with van der Waals surface area (Å²) in [5, 5.41) is 3.32. The van der Waals surface area contributed by atoms with Crippen LogP contribution >= 0.6 is 23.4 Å². The first-order valence-corrected chi connectivity index (χ1v) is 9.40. The van der Waals surface area contributed by atoms with E-state index in [-0.39, 0.29) is 18.8 Å². The van der Waals surface area contributed by atoms with Gasteiger partial charge in [-0.1, -0.05) is 23.7 Å². The SMILES string of the molecule is CC(OC(=O)CCSc1ccc(Cl)cc1)C(=O)NCc1ccc(F)cc1. The predicted octanol–water partition coefficient (Wildman–Crippen LogP) is 4.21. The van der Waals surface area contributed by atoms with Gasteiger partial charge in [0.2, 0.25) is 0 Å². The molecule has 0 aliphatic rings.